The molecule has 0 aliphatic heterocycles. The number of hydrogen-bond acceptors (Lipinski definition) is 6. The highest BCUT2D eigenvalue weighted by atomic mass is 32.1. The van der Waals surface area contributed by atoms with Gasteiger partial charge < -0.3 is 14.7 Å². The van der Waals surface area contributed by atoms with Crippen LogP contribution >= 0.6 is 11.3 Å². The Morgan fingerprint density at radius 2 is 2.00 bits per heavy atom. The molecule has 1 N–H and O–H groups in total. The van der Waals surface area contributed by atoms with Crippen LogP contribution in [0.25, 0.3) is 10.6 Å². The second-order valence-corrected chi connectivity index (χ2v) is 5.84. The fourth-order valence-corrected chi connectivity index (χ4v) is 2.96. The summed E-state index contributed by atoms with van der Waals surface area (Å²) in [5, 5.41) is 14.5. The Morgan fingerprint density at radius 3 is 2.75 bits per heavy atom. The van der Waals surface area contributed by atoms with Gasteiger partial charge in [-0.3, -0.25) is 0 Å². The Labute approximate surface area is 143 Å². The van der Waals surface area contributed by atoms with Crippen molar-refractivity contribution >= 4 is 17.6 Å². The number of ether oxygens (including phenoxy) is 2. The van der Waals surface area contributed by atoms with Crippen molar-refractivity contribution in [2.75, 3.05) is 7.11 Å². The minimum atomic E-state index is 0.381. The van der Waals surface area contributed by atoms with Crippen molar-refractivity contribution in [2.24, 2.45) is 5.16 Å². The molecule has 0 saturated heterocycles. The lowest BCUT2D eigenvalue weighted by molar-refractivity contribution is 0.302. The molecule has 0 unspecified atom stereocenters. The molecule has 1 heterocycles. The fourth-order valence-electron chi connectivity index (χ4n) is 2.15. The minimum absolute atomic E-state index is 0.381. The van der Waals surface area contributed by atoms with Crippen molar-refractivity contribution < 1.29 is 14.7 Å². The molecular formula is C18H16N2O3S. The number of thiazole rings is 1. The summed E-state index contributed by atoms with van der Waals surface area (Å²) in [6.07, 6.45) is 1.36. The van der Waals surface area contributed by atoms with E-state index in [1.54, 1.807) is 24.5 Å². The molecule has 3 rings (SSSR count). The molecule has 122 valence electrons. The second kappa shape index (κ2) is 7.61. The van der Waals surface area contributed by atoms with Crippen LogP contribution in [0.4, 0.5) is 0 Å². The maximum Gasteiger partial charge on any atom is 0.131 e. The van der Waals surface area contributed by atoms with Crippen LogP contribution in [0.15, 0.2) is 59.1 Å². The Bertz CT molecular complexity index is 828. The van der Waals surface area contributed by atoms with Gasteiger partial charge >= 0.3 is 0 Å². The molecule has 3 aromatic rings. The fraction of sp³-hybridized carbons (Fsp3) is 0.111. The van der Waals surface area contributed by atoms with Gasteiger partial charge in [0.25, 0.3) is 0 Å². The zero-order valence-corrected chi connectivity index (χ0v) is 13.9. The zero-order valence-electron chi connectivity index (χ0n) is 13.0. The highest BCUT2D eigenvalue weighted by Crippen LogP contribution is 2.26. The first-order chi connectivity index (χ1) is 11.8. The third-order valence-electron chi connectivity index (χ3n) is 3.34. The first-order valence-corrected chi connectivity index (χ1v) is 8.15. The van der Waals surface area contributed by atoms with Gasteiger partial charge in [-0.15, -0.1) is 11.3 Å². The Balaban J connectivity index is 1.66. The van der Waals surface area contributed by atoms with Gasteiger partial charge in [-0.05, 0) is 42.0 Å². The Hall–Kier alpha value is -2.86. The predicted octanol–water partition coefficient (Wildman–Crippen LogP) is 4.21. The summed E-state index contributed by atoms with van der Waals surface area (Å²) in [5.74, 6) is 1.52. The average Bonchev–Trinajstić information content (AvgIpc) is 3.10. The number of oxime groups is 1. The predicted molar refractivity (Wildman–Crippen MR) is 94.3 cm³/mol. The molecule has 0 spiro atoms. The topological polar surface area (TPSA) is 63.9 Å². The van der Waals surface area contributed by atoms with E-state index in [0.29, 0.717) is 12.4 Å². The van der Waals surface area contributed by atoms with Gasteiger partial charge in [0, 0.05) is 10.9 Å². The molecule has 1 aromatic heterocycles. The number of aromatic nitrogens is 1. The lowest BCUT2D eigenvalue weighted by Gasteiger charge is -2.04. The third kappa shape index (κ3) is 3.91. The maximum atomic E-state index is 8.57. The normalized spacial score (nSPS) is 10.9. The van der Waals surface area contributed by atoms with Crippen LogP contribution in [0, 0.1) is 0 Å². The highest BCUT2D eigenvalue weighted by Gasteiger charge is 2.06. The molecule has 6 heteroatoms. The van der Waals surface area contributed by atoms with E-state index in [-0.39, 0.29) is 0 Å². The van der Waals surface area contributed by atoms with E-state index in [9.17, 15) is 0 Å². The van der Waals surface area contributed by atoms with E-state index in [4.69, 9.17) is 14.7 Å². The van der Waals surface area contributed by atoms with E-state index in [0.717, 1.165) is 27.6 Å². The van der Waals surface area contributed by atoms with Gasteiger partial charge in [0.1, 0.15) is 23.1 Å². The summed E-state index contributed by atoms with van der Waals surface area (Å²) in [4.78, 5) is 4.60. The van der Waals surface area contributed by atoms with Crippen molar-refractivity contribution in [3.63, 3.8) is 0 Å². The van der Waals surface area contributed by atoms with Crippen LogP contribution in [0.5, 0.6) is 11.5 Å². The smallest absolute Gasteiger partial charge is 0.131 e. The molecule has 0 fully saturated rings. The van der Waals surface area contributed by atoms with E-state index < -0.39 is 0 Å². The first-order valence-electron chi connectivity index (χ1n) is 7.27. The number of benzene rings is 2. The quantitative estimate of drug-likeness (QED) is 0.415. The van der Waals surface area contributed by atoms with E-state index in [1.807, 2.05) is 47.8 Å². The molecule has 0 radical (unpaired) electrons. The molecule has 0 aliphatic rings. The molecule has 0 bridgehead atoms. The molecule has 5 nitrogen and oxygen atoms in total. The summed E-state index contributed by atoms with van der Waals surface area (Å²) in [5.41, 5.74) is 2.69. The SMILES string of the molecule is COc1ccc(-c2nc(COc3cccc(C=NO)c3)cs2)cc1. The summed E-state index contributed by atoms with van der Waals surface area (Å²) in [7, 11) is 1.65. The molecule has 24 heavy (non-hydrogen) atoms. The van der Waals surface area contributed by atoms with Crippen LogP contribution in [0.1, 0.15) is 11.3 Å². The van der Waals surface area contributed by atoms with Gasteiger partial charge in [0.2, 0.25) is 0 Å². The van der Waals surface area contributed by atoms with Crippen LogP contribution in [-0.4, -0.2) is 23.5 Å². The Morgan fingerprint density at radius 1 is 1.17 bits per heavy atom. The van der Waals surface area contributed by atoms with E-state index >= 15 is 0 Å². The van der Waals surface area contributed by atoms with Gasteiger partial charge in [0.05, 0.1) is 19.0 Å². The third-order valence-corrected chi connectivity index (χ3v) is 4.28. The van der Waals surface area contributed by atoms with E-state index in [2.05, 4.69) is 10.1 Å². The van der Waals surface area contributed by atoms with Crippen molar-refractivity contribution in [1.82, 2.24) is 4.98 Å². The molecule has 0 aliphatic carbocycles. The minimum Gasteiger partial charge on any atom is -0.497 e. The van der Waals surface area contributed by atoms with Gasteiger partial charge in [0.15, 0.2) is 0 Å². The van der Waals surface area contributed by atoms with Crippen LogP contribution < -0.4 is 9.47 Å². The van der Waals surface area contributed by atoms with Crippen molar-refractivity contribution in [3.05, 3.63) is 65.2 Å². The van der Waals surface area contributed by atoms with E-state index in [1.165, 1.54) is 6.21 Å². The molecule has 2 aromatic carbocycles. The molecule has 0 saturated carbocycles. The summed E-state index contributed by atoms with van der Waals surface area (Å²) < 4.78 is 10.9. The Kier molecular flexibility index (Phi) is 5.08. The molecule has 0 amide bonds. The van der Waals surface area contributed by atoms with Crippen molar-refractivity contribution in [2.45, 2.75) is 6.61 Å². The largest absolute Gasteiger partial charge is 0.497 e. The average molecular weight is 340 g/mol. The van der Waals surface area contributed by atoms with Gasteiger partial charge in [-0.1, -0.05) is 17.3 Å². The van der Waals surface area contributed by atoms with Gasteiger partial charge in [-0.2, -0.15) is 0 Å². The van der Waals surface area contributed by atoms with Crippen LogP contribution in [-0.2, 0) is 6.61 Å². The molecular weight excluding hydrogens is 324 g/mol. The number of nitrogens with zero attached hydrogens (tertiary/aromatic N) is 2. The standard InChI is InChI=1S/C18H16N2O3S/c1-22-16-7-5-14(6-8-16)18-20-15(12-24-18)11-23-17-4-2-3-13(9-17)10-19-21/h2-10,12,21H,11H2,1H3. The van der Waals surface area contributed by atoms with Crippen molar-refractivity contribution in [1.29, 1.82) is 0 Å². The number of rotatable bonds is 6. The maximum absolute atomic E-state index is 8.57. The number of hydrogen-bond donors (Lipinski definition) is 1. The monoisotopic (exact) mass is 340 g/mol. The lowest BCUT2D eigenvalue weighted by atomic mass is 10.2. The zero-order chi connectivity index (χ0) is 16.8. The van der Waals surface area contributed by atoms with Crippen molar-refractivity contribution in [3.8, 4) is 22.1 Å². The highest BCUT2D eigenvalue weighted by molar-refractivity contribution is 7.13. The summed E-state index contributed by atoms with van der Waals surface area (Å²) in [6.45, 7) is 0.381. The lowest BCUT2D eigenvalue weighted by Crippen LogP contribution is -1.96. The van der Waals surface area contributed by atoms with Gasteiger partial charge in [-0.25, -0.2) is 4.98 Å². The van der Waals surface area contributed by atoms with Crippen LogP contribution in [0.2, 0.25) is 0 Å². The summed E-state index contributed by atoms with van der Waals surface area (Å²) in [6, 6.07) is 15.1. The summed E-state index contributed by atoms with van der Waals surface area (Å²) >= 11 is 1.58. The first kappa shape index (κ1) is 16.0. The van der Waals surface area contributed by atoms with Crippen LogP contribution in [0.3, 0.4) is 0 Å². The second-order valence-electron chi connectivity index (χ2n) is 4.98. The number of methoxy groups -OCH3 is 1. The molecule has 0 atom stereocenters.